The fourth-order valence-electron chi connectivity index (χ4n) is 3.85. The maximum atomic E-state index is 12.9. The van der Waals surface area contributed by atoms with Gasteiger partial charge in [0.2, 0.25) is 0 Å². The van der Waals surface area contributed by atoms with E-state index in [1.807, 2.05) is 0 Å². The van der Waals surface area contributed by atoms with Crippen molar-refractivity contribution in [2.75, 3.05) is 4.90 Å². The van der Waals surface area contributed by atoms with Gasteiger partial charge in [-0.3, -0.25) is 18.8 Å². The van der Waals surface area contributed by atoms with Crippen molar-refractivity contribution in [3.05, 3.63) is 110 Å². The van der Waals surface area contributed by atoms with E-state index in [0.29, 0.717) is 22.1 Å². The lowest BCUT2D eigenvalue weighted by Gasteiger charge is -2.13. The number of esters is 1. The number of ether oxygens (including phenoxy) is 1. The first-order valence-corrected chi connectivity index (χ1v) is 10.6. The minimum absolute atomic E-state index is 0.103. The molecule has 0 aliphatic carbocycles. The summed E-state index contributed by atoms with van der Waals surface area (Å²) in [6, 6.07) is 17.0. The standard InChI is InChI=1S/C25H16ClN3O5/c1-14-3-2-4-21-27-17(12-22(30)28(14)21)13-34-25(33)15-5-10-19-20(11-15)24(32)29(23(19)31)18-8-6-16(26)7-9-18/h2-12H,13H2,1H3. The summed E-state index contributed by atoms with van der Waals surface area (Å²) in [5.74, 6) is -1.74. The van der Waals surface area contributed by atoms with Gasteiger partial charge in [-0.05, 0) is 61.5 Å². The van der Waals surface area contributed by atoms with Crippen LogP contribution in [0.25, 0.3) is 5.65 Å². The number of rotatable bonds is 4. The predicted octanol–water partition coefficient (Wildman–Crippen LogP) is 3.81. The topological polar surface area (TPSA) is 98.0 Å². The molecule has 0 spiro atoms. The molecule has 3 heterocycles. The highest BCUT2D eigenvalue weighted by Gasteiger charge is 2.37. The number of aryl methyl sites for hydroxylation is 1. The number of hydrogen-bond donors (Lipinski definition) is 0. The van der Waals surface area contributed by atoms with E-state index in [4.69, 9.17) is 16.3 Å². The van der Waals surface area contributed by atoms with Crippen LogP contribution in [0.5, 0.6) is 0 Å². The van der Waals surface area contributed by atoms with Crippen molar-refractivity contribution in [3.8, 4) is 0 Å². The molecule has 8 nitrogen and oxygen atoms in total. The molecular weight excluding hydrogens is 458 g/mol. The van der Waals surface area contributed by atoms with Crippen LogP contribution in [0.2, 0.25) is 5.02 Å². The molecule has 0 N–H and O–H groups in total. The maximum Gasteiger partial charge on any atom is 0.338 e. The Hall–Kier alpha value is -4.30. The van der Waals surface area contributed by atoms with E-state index in [2.05, 4.69) is 4.98 Å². The molecule has 5 rings (SSSR count). The van der Waals surface area contributed by atoms with Crippen molar-refractivity contribution < 1.29 is 19.1 Å². The first kappa shape index (κ1) is 21.5. The summed E-state index contributed by atoms with van der Waals surface area (Å²) in [5.41, 5.74) is 1.98. The summed E-state index contributed by atoms with van der Waals surface area (Å²) in [6.07, 6.45) is 0. The van der Waals surface area contributed by atoms with Crippen molar-refractivity contribution in [1.82, 2.24) is 9.38 Å². The van der Waals surface area contributed by atoms with Crippen molar-refractivity contribution in [2.24, 2.45) is 0 Å². The number of hydrogen-bond acceptors (Lipinski definition) is 6. The number of amides is 2. The molecule has 1 aliphatic heterocycles. The molecule has 9 heteroatoms. The van der Waals surface area contributed by atoms with Crippen LogP contribution in [0.15, 0.2) is 71.5 Å². The summed E-state index contributed by atoms with van der Waals surface area (Å²) in [5, 5.41) is 0.476. The Bertz CT molecular complexity index is 1560. The molecule has 0 saturated carbocycles. The molecule has 34 heavy (non-hydrogen) atoms. The van der Waals surface area contributed by atoms with Crippen LogP contribution in [0.3, 0.4) is 0 Å². The van der Waals surface area contributed by atoms with Crippen LogP contribution in [0, 0.1) is 6.92 Å². The monoisotopic (exact) mass is 473 g/mol. The van der Waals surface area contributed by atoms with Gasteiger partial charge in [0.25, 0.3) is 17.4 Å². The zero-order valence-electron chi connectivity index (χ0n) is 17.8. The maximum absolute atomic E-state index is 12.9. The molecule has 0 fully saturated rings. The largest absolute Gasteiger partial charge is 0.456 e. The van der Waals surface area contributed by atoms with E-state index in [1.54, 1.807) is 49.4 Å². The molecule has 2 aromatic heterocycles. The molecule has 0 unspecified atom stereocenters. The Morgan fingerprint density at radius 2 is 1.68 bits per heavy atom. The molecule has 0 atom stereocenters. The highest BCUT2D eigenvalue weighted by molar-refractivity contribution is 6.35. The lowest BCUT2D eigenvalue weighted by Crippen LogP contribution is -2.29. The minimum Gasteiger partial charge on any atom is -0.456 e. The van der Waals surface area contributed by atoms with Gasteiger partial charge in [0.05, 0.1) is 28.1 Å². The summed E-state index contributed by atoms with van der Waals surface area (Å²) in [7, 11) is 0. The molecule has 4 aromatic rings. The summed E-state index contributed by atoms with van der Waals surface area (Å²) < 4.78 is 6.78. The van der Waals surface area contributed by atoms with Crippen LogP contribution in [0.4, 0.5) is 5.69 Å². The number of anilines is 1. The third kappa shape index (κ3) is 3.64. The molecule has 168 valence electrons. The van der Waals surface area contributed by atoms with Crippen LogP contribution < -0.4 is 10.5 Å². The van der Waals surface area contributed by atoms with Crippen LogP contribution in [-0.2, 0) is 11.3 Å². The minimum atomic E-state index is -0.709. The number of fused-ring (bicyclic) bond motifs is 2. The number of imide groups is 1. The van der Waals surface area contributed by atoms with E-state index >= 15 is 0 Å². The predicted molar refractivity (Wildman–Crippen MR) is 124 cm³/mol. The fourth-order valence-corrected chi connectivity index (χ4v) is 3.98. The summed E-state index contributed by atoms with van der Waals surface area (Å²) >= 11 is 5.89. The highest BCUT2D eigenvalue weighted by Crippen LogP contribution is 2.30. The number of aromatic nitrogens is 2. The van der Waals surface area contributed by atoms with Gasteiger partial charge >= 0.3 is 5.97 Å². The Balaban J connectivity index is 1.37. The Morgan fingerprint density at radius 1 is 0.941 bits per heavy atom. The SMILES string of the molecule is Cc1cccc2nc(COC(=O)c3ccc4c(c3)C(=O)N(c3ccc(Cl)cc3)C4=O)cc(=O)n12. The van der Waals surface area contributed by atoms with Crippen LogP contribution in [-0.4, -0.2) is 27.2 Å². The summed E-state index contributed by atoms with van der Waals surface area (Å²) in [6.45, 7) is 1.57. The molecule has 0 bridgehead atoms. The molecule has 2 aromatic carbocycles. The molecule has 0 radical (unpaired) electrons. The summed E-state index contributed by atoms with van der Waals surface area (Å²) in [4.78, 5) is 56.1. The van der Waals surface area contributed by atoms with E-state index < -0.39 is 17.8 Å². The lowest BCUT2D eigenvalue weighted by molar-refractivity contribution is 0.0467. The third-order valence-corrected chi connectivity index (χ3v) is 5.74. The average molecular weight is 474 g/mol. The van der Waals surface area contributed by atoms with E-state index in [1.165, 1.54) is 28.7 Å². The highest BCUT2D eigenvalue weighted by atomic mass is 35.5. The van der Waals surface area contributed by atoms with Gasteiger partial charge in [0.1, 0.15) is 12.3 Å². The zero-order chi connectivity index (χ0) is 24.0. The second-order valence-corrected chi connectivity index (χ2v) is 8.14. The van der Waals surface area contributed by atoms with Crippen LogP contribution >= 0.6 is 11.6 Å². The van der Waals surface area contributed by atoms with E-state index in [-0.39, 0.29) is 28.9 Å². The van der Waals surface area contributed by atoms with Gasteiger partial charge in [-0.2, -0.15) is 0 Å². The smallest absolute Gasteiger partial charge is 0.338 e. The van der Waals surface area contributed by atoms with Gasteiger partial charge in [0, 0.05) is 16.8 Å². The number of benzene rings is 2. The Morgan fingerprint density at radius 3 is 2.44 bits per heavy atom. The van der Waals surface area contributed by atoms with E-state index in [9.17, 15) is 19.2 Å². The zero-order valence-corrected chi connectivity index (χ0v) is 18.6. The number of carbonyl (C=O) groups excluding carboxylic acids is 3. The molecular formula is C25H16ClN3O5. The number of halogens is 1. The quantitative estimate of drug-likeness (QED) is 0.330. The molecule has 0 saturated heterocycles. The first-order chi connectivity index (χ1) is 16.3. The normalized spacial score (nSPS) is 12.8. The van der Waals surface area contributed by atoms with E-state index in [0.717, 1.165) is 10.6 Å². The second kappa shape index (κ2) is 8.24. The van der Waals surface area contributed by atoms with Crippen molar-refractivity contribution in [3.63, 3.8) is 0 Å². The first-order valence-electron chi connectivity index (χ1n) is 10.3. The van der Waals surface area contributed by atoms with Crippen LogP contribution in [0.1, 0.15) is 42.5 Å². The second-order valence-electron chi connectivity index (χ2n) is 7.71. The van der Waals surface area contributed by atoms with Gasteiger partial charge in [-0.15, -0.1) is 0 Å². The molecule has 2 amide bonds. The lowest BCUT2D eigenvalue weighted by atomic mass is 10.1. The Kier molecular flexibility index (Phi) is 5.22. The molecule has 1 aliphatic rings. The van der Waals surface area contributed by atoms with Gasteiger partial charge < -0.3 is 4.74 Å². The number of carbonyl (C=O) groups is 3. The number of pyridine rings is 1. The Labute approximate surface area is 198 Å². The van der Waals surface area contributed by atoms with Crippen molar-refractivity contribution >= 4 is 40.7 Å². The average Bonchev–Trinajstić information content (AvgIpc) is 3.07. The van der Waals surface area contributed by atoms with Crippen molar-refractivity contribution in [1.29, 1.82) is 0 Å². The number of nitrogens with zero attached hydrogens (tertiary/aromatic N) is 3. The van der Waals surface area contributed by atoms with Gasteiger partial charge in [-0.1, -0.05) is 17.7 Å². The fraction of sp³-hybridized carbons (Fsp3) is 0.0800. The van der Waals surface area contributed by atoms with Gasteiger partial charge in [0.15, 0.2) is 0 Å². The third-order valence-electron chi connectivity index (χ3n) is 5.49. The van der Waals surface area contributed by atoms with Gasteiger partial charge in [-0.25, -0.2) is 14.7 Å². The van der Waals surface area contributed by atoms with Crippen molar-refractivity contribution in [2.45, 2.75) is 13.5 Å².